The number of hydrogen-bond acceptors (Lipinski definition) is 2. The second-order valence-corrected chi connectivity index (χ2v) is 8.29. The summed E-state index contributed by atoms with van der Waals surface area (Å²) >= 11 is 0. The van der Waals surface area contributed by atoms with Crippen LogP contribution in [0.5, 0.6) is 0 Å². The molecular formula is C24H28N2O2. The minimum atomic E-state index is -0.393. The van der Waals surface area contributed by atoms with Crippen LogP contribution in [0.3, 0.4) is 0 Å². The van der Waals surface area contributed by atoms with Gasteiger partial charge in [-0.3, -0.25) is 9.78 Å². The lowest BCUT2D eigenvalue weighted by atomic mass is 9.72. The molecule has 1 atom stereocenters. The van der Waals surface area contributed by atoms with Crippen LogP contribution >= 0.6 is 0 Å². The van der Waals surface area contributed by atoms with Gasteiger partial charge in [0, 0.05) is 17.7 Å². The maximum Gasteiger partial charge on any atom is 0.325 e. The molecule has 0 aliphatic heterocycles. The van der Waals surface area contributed by atoms with Gasteiger partial charge in [-0.15, -0.1) is 0 Å². The largest absolute Gasteiger partial charge is 0.325 e. The number of rotatable bonds is 4. The summed E-state index contributed by atoms with van der Waals surface area (Å²) in [5.74, 6) is 1.59. The van der Waals surface area contributed by atoms with Crippen molar-refractivity contribution in [2.24, 2.45) is 11.8 Å². The first-order valence-electron chi connectivity index (χ1n) is 10.3. The van der Waals surface area contributed by atoms with Crippen molar-refractivity contribution in [3.63, 3.8) is 0 Å². The fourth-order valence-corrected chi connectivity index (χ4v) is 4.87. The Bertz CT molecular complexity index is 1000. The lowest BCUT2D eigenvalue weighted by Gasteiger charge is -2.33. The van der Waals surface area contributed by atoms with Crippen molar-refractivity contribution >= 4 is 0 Å². The Labute approximate surface area is 165 Å². The van der Waals surface area contributed by atoms with Crippen molar-refractivity contribution in [1.82, 2.24) is 9.97 Å². The predicted octanol–water partition coefficient (Wildman–Crippen LogP) is 4.37. The average molecular weight is 377 g/mol. The fourth-order valence-electron chi connectivity index (χ4n) is 4.87. The van der Waals surface area contributed by atoms with Crippen molar-refractivity contribution in [1.29, 1.82) is 0 Å². The lowest BCUT2D eigenvalue weighted by molar-refractivity contribution is 0.262. The summed E-state index contributed by atoms with van der Waals surface area (Å²) in [5.41, 5.74) is 3.21. The number of allylic oxidation sites excluding steroid dienone is 4. The topological polar surface area (TPSA) is 65.7 Å². The second-order valence-electron chi connectivity index (χ2n) is 8.29. The highest BCUT2D eigenvalue weighted by Gasteiger charge is 2.29. The summed E-state index contributed by atoms with van der Waals surface area (Å²) < 4.78 is 0. The van der Waals surface area contributed by atoms with Gasteiger partial charge in [0.1, 0.15) is 0 Å². The highest BCUT2D eigenvalue weighted by Crippen LogP contribution is 2.40. The molecule has 0 bridgehead atoms. The van der Waals surface area contributed by atoms with Crippen LogP contribution in [-0.2, 0) is 6.42 Å². The van der Waals surface area contributed by atoms with Crippen LogP contribution in [0.15, 0.2) is 58.2 Å². The summed E-state index contributed by atoms with van der Waals surface area (Å²) in [6, 6.07) is 8.22. The Morgan fingerprint density at radius 2 is 1.86 bits per heavy atom. The molecule has 1 unspecified atom stereocenters. The number of aromatic nitrogens is 2. The molecule has 4 rings (SSSR count). The van der Waals surface area contributed by atoms with Crippen LogP contribution in [0.1, 0.15) is 60.4 Å². The van der Waals surface area contributed by atoms with Crippen molar-refractivity contribution in [2.45, 2.75) is 51.4 Å². The van der Waals surface area contributed by atoms with Crippen LogP contribution in [-0.4, -0.2) is 9.97 Å². The molecular weight excluding hydrogens is 348 g/mol. The van der Waals surface area contributed by atoms with Crippen molar-refractivity contribution in [3.05, 3.63) is 91.8 Å². The van der Waals surface area contributed by atoms with Crippen molar-refractivity contribution in [3.8, 4) is 0 Å². The Balaban J connectivity index is 1.56. The van der Waals surface area contributed by atoms with E-state index >= 15 is 0 Å². The molecule has 2 aliphatic carbocycles. The van der Waals surface area contributed by atoms with E-state index in [1.807, 2.05) is 12.1 Å². The Kier molecular flexibility index (Phi) is 5.47. The monoisotopic (exact) mass is 376 g/mol. The third-order valence-corrected chi connectivity index (χ3v) is 6.34. The molecule has 0 radical (unpaired) electrons. The molecule has 1 heterocycles. The third-order valence-electron chi connectivity index (χ3n) is 6.34. The zero-order valence-electron chi connectivity index (χ0n) is 16.4. The summed E-state index contributed by atoms with van der Waals surface area (Å²) in [6.45, 7) is 2.05. The molecule has 28 heavy (non-hydrogen) atoms. The molecule has 0 saturated heterocycles. The lowest BCUT2D eigenvalue weighted by Crippen LogP contribution is -2.31. The molecule has 1 saturated carbocycles. The Morgan fingerprint density at radius 3 is 2.57 bits per heavy atom. The molecule has 2 aliphatic rings. The van der Waals surface area contributed by atoms with Gasteiger partial charge in [-0.2, -0.15) is 0 Å². The minimum Gasteiger partial charge on any atom is -0.311 e. The van der Waals surface area contributed by atoms with Crippen molar-refractivity contribution < 1.29 is 0 Å². The van der Waals surface area contributed by atoms with E-state index in [1.54, 1.807) is 0 Å². The minimum absolute atomic E-state index is 0.247. The zero-order valence-corrected chi connectivity index (χ0v) is 16.4. The first-order valence-corrected chi connectivity index (χ1v) is 10.3. The number of benzene rings is 1. The van der Waals surface area contributed by atoms with Gasteiger partial charge >= 0.3 is 5.69 Å². The number of H-pyrrole nitrogens is 2. The standard InChI is InChI=1S/C24H28N2O2/c1-16-6-5-7-17(14-16)15-21-22(25-24(28)26-23(21)27)20-12-10-19(11-13-20)18-8-3-2-4-9-18/h2-8,14,18-20H,9-13,15H2,1H3,(H2,25,26,27,28). The molecule has 146 valence electrons. The van der Waals surface area contributed by atoms with Gasteiger partial charge in [0.25, 0.3) is 5.56 Å². The van der Waals surface area contributed by atoms with Gasteiger partial charge in [0.05, 0.1) is 0 Å². The number of aryl methyl sites for hydroxylation is 1. The number of aromatic amines is 2. The molecule has 1 fully saturated rings. The Morgan fingerprint density at radius 1 is 1.04 bits per heavy atom. The van der Waals surface area contributed by atoms with E-state index in [9.17, 15) is 9.59 Å². The first-order chi connectivity index (χ1) is 13.6. The number of nitrogens with one attached hydrogen (secondary N) is 2. The molecule has 4 heteroatoms. The maximum absolute atomic E-state index is 12.6. The molecule has 1 aromatic heterocycles. The summed E-state index contributed by atoms with van der Waals surface area (Å²) in [4.78, 5) is 30.0. The van der Waals surface area contributed by atoms with Gasteiger partial charge in [-0.25, -0.2) is 4.79 Å². The van der Waals surface area contributed by atoms with E-state index in [1.165, 1.54) is 5.56 Å². The highest BCUT2D eigenvalue weighted by atomic mass is 16.2. The smallest absolute Gasteiger partial charge is 0.311 e. The van der Waals surface area contributed by atoms with Crippen LogP contribution in [0.4, 0.5) is 0 Å². The molecule has 0 amide bonds. The predicted molar refractivity (Wildman–Crippen MR) is 113 cm³/mol. The zero-order chi connectivity index (χ0) is 19.5. The van der Waals surface area contributed by atoms with E-state index in [0.29, 0.717) is 23.8 Å². The van der Waals surface area contributed by atoms with E-state index in [0.717, 1.165) is 43.4 Å². The van der Waals surface area contributed by atoms with Crippen LogP contribution in [0, 0.1) is 18.8 Å². The Hall–Kier alpha value is -2.62. The number of hydrogen-bond donors (Lipinski definition) is 2. The van der Waals surface area contributed by atoms with Crippen LogP contribution in [0.25, 0.3) is 0 Å². The highest BCUT2D eigenvalue weighted by molar-refractivity contribution is 5.31. The molecule has 1 aromatic carbocycles. The third kappa shape index (κ3) is 4.11. The molecule has 4 nitrogen and oxygen atoms in total. The fraction of sp³-hybridized carbons (Fsp3) is 0.417. The van der Waals surface area contributed by atoms with Gasteiger partial charge < -0.3 is 4.98 Å². The quantitative estimate of drug-likeness (QED) is 0.832. The first kappa shape index (κ1) is 18.7. The van der Waals surface area contributed by atoms with E-state index in [-0.39, 0.29) is 11.5 Å². The normalized spacial score (nSPS) is 24.4. The van der Waals surface area contributed by atoms with Crippen LogP contribution in [0.2, 0.25) is 0 Å². The van der Waals surface area contributed by atoms with Gasteiger partial charge in [0.2, 0.25) is 0 Å². The van der Waals surface area contributed by atoms with E-state index in [4.69, 9.17) is 0 Å². The van der Waals surface area contributed by atoms with E-state index in [2.05, 4.69) is 53.3 Å². The van der Waals surface area contributed by atoms with E-state index < -0.39 is 5.69 Å². The summed E-state index contributed by atoms with van der Waals surface area (Å²) in [7, 11) is 0. The van der Waals surface area contributed by atoms with Gasteiger partial charge in [-0.1, -0.05) is 54.1 Å². The van der Waals surface area contributed by atoms with Crippen molar-refractivity contribution in [2.75, 3.05) is 0 Å². The van der Waals surface area contributed by atoms with Gasteiger partial charge in [-0.05, 0) is 62.3 Å². The average Bonchev–Trinajstić information content (AvgIpc) is 2.71. The molecule has 2 N–H and O–H groups in total. The second kappa shape index (κ2) is 8.17. The summed E-state index contributed by atoms with van der Waals surface area (Å²) in [5, 5.41) is 0. The summed E-state index contributed by atoms with van der Waals surface area (Å²) in [6.07, 6.45) is 14.9. The van der Waals surface area contributed by atoms with Crippen LogP contribution < -0.4 is 11.2 Å². The van der Waals surface area contributed by atoms with Gasteiger partial charge in [0.15, 0.2) is 0 Å². The SMILES string of the molecule is Cc1cccc(Cc2c(C3CCC(C4C=CC=CC4)CC3)[nH]c(=O)[nH]c2=O)c1. The maximum atomic E-state index is 12.6. The molecule has 2 aromatic rings. The molecule has 0 spiro atoms.